The molecule has 116 valence electrons. The van der Waals surface area contributed by atoms with E-state index in [1.54, 1.807) is 0 Å². The van der Waals surface area contributed by atoms with Gasteiger partial charge < -0.3 is 5.11 Å². The van der Waals surface area contributed by atoms with Gasteiger partial charge in [-0.15, -0.1) is 0 Å². The fraction of sp³-hybridized carbons (Fsp3) is 0. The van der Waals surface area contributed by atoms with Gasteiger partial charge in [0.25, 0.3) is 10.0 Å². The summed E-state index contributed by atoms with van der Waals surface area (Å²) in [5.41, 5.74) is -0.149. The van der Waals surface area contributed by atoms with Crippen LogP contribution in [0.5, 0.6) is 0 Å². The monoisotopic (exact) mass is 379 g/mol. The molecule has 5 nitrogen and oxygen atoms in total. The third-order valence-electron chi connectivity index (χ3n) is 2.66. The molecule has 2 N–H and O–H groups in total. The number of nitrogens with one attached hydrogen (secondary N) is 1. The molecule has 0 heterocycles. The van der Waals surface area contributed by atoms with Gasteiger partial charge in [-0.2, -0.15) is 0 Å². The number of anilines is 1. The summed E-state index contributed by atoms with van der Waals surface area (Å²) >= 11 is 17.4. The number of benzene rings is 2. The Bertz CT molecular complexity index is 852. The van der Waals surface area contributed by atoms with Crippen molar-refractivity contribution in [3.63, 3.8) is 0 Å². The second-order valence-corrected chi connectivity index (χ2v) is 7.09. The molecule has 0 fully saturated rings. The highest BCUT2D eigenvalue weighted by Crippen LogP contribution is 2.28. The number of halogens is 3. The Hall–Kier alpha value is -1.47. The normalized spacial score (nSPS) is 11.2. The van der Waals surface area contributed by atoms with E-state index in [2.05, 4.69) is 4.72 Å². The molecule has 0 radical (unpaired) electrons. The van der Waals surface area contributed by atoms with Gasteiger partial charge in [0.05, 0.1) is 31.2 Å². The average molecular weight is 381 g/mol. The number of hydrogen-bond donors (Lipinski definition) is 2. The number of carboxylic acids is 1. The number of carboxylic acid groups (broad SMARTS) is 1. The predicted octanol–water partition coefficient (Wildman–Crippen LogP) is 4.15. The van der Waals surface area contributed by atoms with Crippen LogP contribution >= 0.6 is 34.8 Å². The lowest BCUT2D eigenvalue weighted by Gasteiger charge is -2.11. The highest BCUT2D eigenvalue weighted by atomic mass is 35.5. The largest absolute Gasteiger partial charge is 0.478 e. The molecule has 0 spiro atoms. The smallest absolute Gasteiger partial charge is 0.335 e. The summed E-state index contributed by atoms with van der Waals surface area (Å²) in [6.45, 7) is 0. The first-order valence-corrected chi connectivity index (χ1v) is 8.33. The van der Waals surface area contributed by atoms with Gasteiger partial charge in [-0.1, -0.05) is 34.8 Å². The lowest BCUT2D eigenvalue weighted by atomic mass is 10.2. The molecule has 0 atom stereocenters. The van der Waals surface area contributed by atoms with E-state index in [0.29, 0.717) is 0 Å². The number of aromatic carboxylic acids is 1. The van der Waals surface area contributed by atoms with Gasteiger partial charge in [0.1, 0.15) is 0 Å². The topological polar surface area (TPSA) is 83.5 Å². The molecule has 22 heavy (non-hydrogen) atoms. The predicted molar refractivity (Wildman–Crippen MR) is 85.7 cm³/mol. The Labute approximate surface area is 141 Å². The van der Waals surface area contributed by atoms with Crippen LogP contribution in [0.3, 0.4) is 0 Å². The minimum Gasteiger partial charge on any atom is -0.478 e. The molecule has 0 unspecified atom stereocenters. The summed E-state index contributed by atoms with van der Waals surface area (Å²) < 4.78 is 26.8. The number of carbonyl (C=O) groups is 1. The fourth-order valence-electron chi connectivity index (χ4n) is 1.58. The Morgan fingerprint density at radius 1 is 0.955 bits per heavy atom. The van der Waals surface area contributed by atoms with Gasteiger partial charge in [-0.25, -0.2) is 13.2 Å². The van der Waals surface area contributed by atoms with E-state index in [4.69, 9.17) is 39.9 Å². The molecule has 0 bridgehead atoms. The maximum atomic E-state index is 12.3. The van der Waals surface area contributed by atoms with Crippen molar-refractivity contribution in [1.29, 1.82) is 0 Å². The van der Waals surface area contributed by atoms with Crippen LogP contribution in [0, 0.1) is 0 Å². The zero-order chi connectivity index (χ0) is 16.5. The molecular weight excluding hydrogens is 373 g/mol. The maximum absolute atomic E-state index is 12.3. The summed E-state index contributed by atoms with van der Waals surface area (Å²) in [7, 11) is -3.99. The molecule has 2 aromatic carbocycles. The second-order valence-electron chi connectivity index (χ2n) is 4.18. The fourth-order valence-corrected chi connectivity index (χ4v) is 3.26. The molecule has 2 aromatic rings. The molecule has 0 aliphatic rings. The molecule has 0 saturated heterocycles. The summed E-state index contributed by atoms with van der Waals surface area (Å²) in [4.78, 5) is 10.8. The van der Waals surface area contributed by atoms with Crippen molar-refractivity contribution >= 4 is 56.5 Å². The van der Waals surface area contributed by atoms with Crippen molar-refractivity contribution in [2.75, 3.05) is 4.72 Å². The van der Waals surface area contributed by atoms with Crippen molar-refractivity contribution in [2.45, 2.75) is 4.90 Å². The van der Waals surface area contributed by atoms with Crippen molar-refractivity contribution in [1.82, 2.24) is 0 Å². The molecule has 0 aliphatic carbocycles. The molecule has 0 amide bonds. The van der Waals surface area contributed by atoms with Crippen LogP contribution in [0.4, 0.5) is 5.69 Å². The van der Waals surface area contributed by atoms with Crippen molar-refractivity contribution in [3.05, 3.63) is 57.0 Å². The van der Waals surface area contributed by atoms with Crippen LogP contribution in [0.25, 0.3) is 0 Å². The highest BCUT2D eigenvalue weighted by Gasteiger charge is 2.18. The Morgan fingerprint density at radius 2 is 1.59 bits per heavy atom. The average Bonchev–Trinajstić information content (AvgIpc) is 2.43. The van der Waals surface area contributed by atoms with E-state index in [1.165, 1.54) is 30.3 Å². The van der Waals surface area contributed by atoms with Crippen LogP contribution < -0.4 is 4.72 Å². The van der Waals surface area contributed by atoms with Crippen LogP contribution in [-0.4, -0.2) is 19.5 Å². The first kappa shape index (κ1) is 16.9. The Kier molecular flexibility index (Phi) is 4.87. The van der Waals surface area contributed by atoms with Gasteiger partial charge in [-0.3, -0.25) is 4.72 Å². The first-order valence-electron chi connectivity index (χ1n) is 5.71. The van der Waals surface area contributed by atoms with E-state index >= 15 is 0 Å². The van der Waals surface area contributed by atoms with E-state index in [-0.39, 0.29) is 31.2 Å². The highest BCUT2D eigenvalue weighted by molar-refractivity contribution is 7.92. The van der Waals surface area contributed by atoms with Gasteiger partial charge in [0, 0.05) is 0 Å². The molecule has 2 rings (SSSR count). The number of rotatable bonds is 4. The zero-order valence-electron chi connectivity index (χ0n) is 10.7. The Balaban J connectivity index is 2.42. The summed E-state index contributed by atoms with van der Waals surface area (Å²) in [5.74, 6) is -1.20. The molecule has 0 saturated carbocycles. The molecular formula is C13H8Cl3NO4S. The summed E-state index contributed by atoms with van der Waals surface area (Å²) in [5, 5.41) is 9.29. The van der Waals surface area contributed by atoms with Gasteiger partial charge >= 0.3 is 5.97 Å². The quantitative estimate of drug-likeness (QED) is 0.835. The molecule has 0 aromatic heterocycles. The van der Waals surface area contributed by atoms with Crippen LogP contribution in [0.1, 0.15) is 10.4 Å². The van der Waals surface area contributed by atoms with Crippen LogP contribution in [-0.2, 0) is 10.0 Å². The minimum absolute atomic E-state index is 0.0485. The number of sulfonamides is 1. The van der Waals surface area contributed by atoms with Crippen molar-refractivity contribution < 1.29 is 18.3 Å². The third kappa shape index (κ3) is 3.64. The maximum Gasteiger partial charge on any atom is 0.335 e. The third-order valence-corrected chi connectivity index (χ3v) is 5.09. The number of hydrogen-bond acceptors (Lipinski definition) is 3. The van der Waals surface area contributed by atoms with E-state index < -0.39 is 16.0 Å². The van der Waals surface area contributed by atoms with E-state index in [1.807, 2.05) is 0 Å². The summed E-state index contributed by atoms with van der Waals surface area (Å²) in [6, 6.07) is 7.47. The molecule has 9 heteroatoms. The summed E-state index contributed by atoms with van der Waals surface area (Å²) in [6.07, 6.45) is 0. The second kappa shape index (κ2) is 6.34. The SMILES string of the molecule is O=C(O)c1ccc(Cl)c(NS(=O)(=O)c2ccc(Cl)c(Cl)c2)c1. The standard InChI is InChI=1S/C13H8Cl3NO4S/c14-9-4-2-8(6-11(9)16)22(20,21)17-12-5-7(13(18)19)1-3-10(12)15/h1-6,17H,(H,18,19). The van der Waals surface area contributed by atoms with Crippen molar-refractivity contribution in [2.24, 2.45) is 0 Å². The molecule has 0 aliphatic heterocycles. The van der Waals surface area contributed by atoms with Crippen LogP contribution in [0.15, 0.2) is 41.3 Å². The van der Waals surface area contributed by atoms with E-state index in [9.17, 15) is 13.2 Å². The van der Waals surface area contributed by atoms with Gasteiger partial charge in [0.2, 0.25) is 0 Å². The van der Waals surface area contributed by atoms with Gasteiger partial charge in [-0.05, 0) is 36.4 Å². The first-order chi connectivity index (χ1) is 10.2. The lowest BCUT2D eigenvalue weighted by Crippen LogP contribution is -2.14. The lowest BCUT2D eigenvalue weighted by molar-refractivity contribution is 0.0697. The van der Waals surface area contributed by atoms with Crippen LogP contribution in [0.2, 0.25) is 15.1 Å². The van der Waals surface area contributed by atoms with Crippen molar-refractivity contribution in [3.8, 4) is 0 Å². The Morgan fingerprint density at radius 3 is 2.18 bits per heavy atom. The minimum atomic E-state index is -3.99. The van der Waals surface area contributed by atoms with Gasteiger partial charge in [0.15, 0.2) is 0 Å². The zero-order valence-corrected chi connectivity index (χ0v) is 13.8. The van der Waals surface area contributed by atoms with E-state index in [0.717, 1.165) is 6.07 Å².